The third-order valence-corrected chi connectivity index (χ3v) is 9.85. The number of methoxy groups -OCH3 is 1. The molecule has 0 aliphatic carbocycles. The van der Waals surface area contributed by atoms with Crippen molar-refractivity contribution in [1.29, 1.82) is 0 Å². The lowest BCUT2D eigenvalue weighted by Crippen LogP contribution is -2.65. The molecule has 7 rings (SSSR count). The summed E-state index contributed by atoms with van der Waals surface area (Å²) in [6.45, 7) is 7.17. The molecule has 3 N–H and O–H groups in total. The molecule has 6 heterocycles. The van der Waals surface area contributed by atoms with E-state index in [4.69, 9.17) is 32.9 Å². The van der Waals surface area contributed by atoms with Crippen LogP contribution in [-0.4, -0.2) is 110 Å². The van der Waals surface area contributed by atoms with Gasteiger partial charge in [0.1, 0.15) is 11.9 Å². The summed E-state index contributed by atoms with van der Waals surface area (Å²) in [4.78, 5) is 28.6. The van der Waals surface area contributed by atoms with Gasteiger partial charge in [-0.2, -0.15) is 0 Å². The van der Waals surface area contributed by atoms with E-state index in [1.54, 1.807) is 36.0 Å². The number of β-amino-alcohol motifs (C(OH)–C–C–N with tert-alkyl or cyclic N) is 2. The molecule has 0 radical (unpaired) electrons. The van der Waals surface area contributed by atoms with Gasteiger partial charge in [0.15, 0.2) is 0 Å². The van der Waals surface area contributed by atoms with Crippen molar-refractivity contribution in [2.45, 2.75) is 37.8 Å². The molecular weight excluding hydrogens is 641 g/mol. The number of likely N-dealkylation sites (N-methyl/N-ethyl adjacent to an activating group) is 1. The number of halogens is 2. The first kappa shape index (κ1) is 31.9. The summed E-state index contributed by atoms with van der Waals surface area (Å²) in [6.07, 6.45) is 3.24. The zero-order valence-electron chi connectivity index (χ0n) is 26.7. The number of hydrogen-bond acceptors (Lipinski definition) is 9. The van der Waals surface area contributed by atoms with Crippen molar-refractivity contribution in [2.75, 3.05) is 52.3 Å². The van der Waals surface area contributed by atoms with E-state index in [1.807, 2.05) is 56.4 Å². The molecule has 0 spiro atoms. The number of likely N-dealkylation sites (tertiary alicyclic amines) is 2. The van der Waals surface area contributed by atoms with Gasteiger partial charge in [-0.3, -0.25) is 24.3 Å². The largest absolute Gasteiger partial charge is 0.481 e. The van der Waals surface area contributed by atoms with Gasteiger partial charge in [-0.25, -0.2) is 4.98 Å². The highest BCUT2D eigenvalue weighted by atomic mass is 35.5. The summed E-state index contributed by atoms with van der Waals surface area (Å²) in [5.74, 6) is 0.381. The van der Waals surface area contributed by atoms with Crippen molar-refractivity contribution in [3.05, 3.63) is 76.2 Å². The molecule has 1 unspecified atom stereocenters. The van der Waals surface area contributed by atoms with E-state index in [9.17, 15) is 15.0 Å². The van der Waals surface area contributed by atoms with Crippen LogP contribution in [0.15, 0.2) is 54.9 Å². The monoisotopic (exact) mass is 677 g/mol. The lowest BCUT2D eigenvalue weighted by atomic mass is 9.96. The van der Waals surface area contributed by atoms with Crippen LogP contribution in [0.1, 0.15) is 29.9 Å². The van der Waals surface area contributed by atoms with E-state index in [0.717, 1.165) is 11.1 Å². The average molecular weight is 679 g/mol. The lowest BCUT2D eigenvalue weighted by molar-refractivity contribution is -0.0887. The number of rotatable bonds is 8. The summed E-state index contributed by atoms with van der Waals surface area (Å²) < 4.78 is 7.37. The summed E-state index contributed by atoms with van der Waals surface area (Å²) >= 11 is 14.1. The van der Waals surface area contributed by atoms with Gasteiger partial charge in [0.05, 0.1) is 39.7 Å². The maximum absolute atomic E-state index is 13.3. The van der Waals surface area contributed by atoms with Gasteiger partial charge < -0.3 is 25.3 Å². The van der Waals surface area contributed by atoms with Crippen LogP contribution in [0.3, 0.4) is 0 Å². The highest BCUT2D eigenvalue weighted by molar-refractivity contribution is 6.39. The van der Waals surface area contributed by atoms with Crippen molar-refractivity contribution in [1.82, 2.24) is 29.3 Å². The van der Waals surface area contributed by atoms with Crippen LogP contribution in [0.2, 0.25) is 10.0 Å². The number of benzene rings is 1. The number of nitrogens with one attached hydrogen (secondary N) is 1. The fraction of sp³-hybridized carbons (Fsp3) is 0.382. The second kappa shape index (κ2) is 11.8. The van der Waals surface area contributed by atoms with E-state index in [1.165, 1.54) is 0 Å². The van der Waals surface area contributed by atoms with Crippen molar-refractivity contribution < 1.29 is 19.7 Å². The van der Waals surface area contributed by atoms with Gasteiger partial charge >= 0.3 is 0 Å². The van der Waals surface area contributed by atoms with Gasteiger partial charge in [-0.05, 0) is 32.0 Å². The molecule has 2 saturated heterocycles. The highest BCUT2D eigenvalue weighted by Gasteiger charge is 2.40. The first-order valence-electron chi connectivity index (χ1n) is 15.5. The smallest absolute Gasteiger partial charge is 0.273 e. The summed E-state index contributed by atoms with van der Waals surface area (Å²) in [5, 5.41) is 21.1. The van der Waals surface area contributed by atoms with Crippen molar-refractivity contribution >= 4 is 29.1 Å². The van der Waals surface area contributed by atoms with Crippen molar-refractivity contribution in [3.63, 3.8) is 0 Å². The number of nitrogens with zero attached hydrogens (tertiary/aromatic N) is 6. The fourth-order valence-electron chi connectivity index (χ4n) is 6.86. The molecule has 3 aliphatic heterocycles. The van der Waals surface area contributed by atoms with E-state index < -0.39 is 11.2 Å². The predicted molar refractivity (Wildman–Crippen MR) is 181 cm³/mol. The zero-order valence-corrected chi connectivity index (χ0v) is 28.2. The topological polar surface area (TPSA) is 119 Å². The van der Waals surface area contributed by atoms with Gasteiger partial charge in [0, 0.05) is 86.5 Å². The van der Waals surface area contributed by atoms with E-state index in [2.05, 4.69) is 20.2 Å². The Balaban J connectivity index is 1.16. The van der Waals surface area contributed by atoms with Crippen molar-refractivity contribution in [2.24, 2.45) is 0 Å². The molecule has 13 heteroatoms. The lowest BCUT2D eigenvalue weighted by Gasteiger charge is -2.47. The van der Waals surface area contributed by atoms with Gasteiger partial charge in [0.25, 0.3) is 5.91 Å². The number of carbonyl (C=O) groups excluding carboxylic acids is 1. The van der Waals surface area contributed by atoms with Gasteiger partial charge in [-0.1, -0.05) is 47.5 Å². The standard InChI is InChI=1S/C34H37Cl2N7O4/c1-33(45)16-41(17-33)13-20-8-9-25(38-31(20)47-4)24-7-5-6-22(28(24)35)23-10-11-37-30(29(23)36)21-12-26-32(44)40(3)27(39-43(26)14-21)15-42-18-34(2,46)19-42/h5-12,14,27,39,45-46H,13,15-19H2,1-4H3. The number of aromatic nitrogens is 3. The number of hydrogen-bond donors (Lipinski definition) is 3. The minimum Gasteiger partial charge on any atom is -0.481 e. The van der Waals surface area contributed by atoms with Crippen LogP contribution in [0.5, 0.6) is 5.88 Å². The molecule has 1 amide bonds. The molecule has 0 saturated carbocycles. The third-order valence-electron chi connectivity index (χ3n) is 9.06. The summed E-state index contributed by atoms with van der Waals surface area (Å²) in [6, 6.07) is 13.2. The maximum Gasteiger partial charge on any atom is 0.273 e. The number of amides is 1. The Bertz CT molecular complexity index is 1860. The third kappa shape index (κ3) is 5.96. The molecule has 4 aromatic rings. The Kier molecular flexibility index (Phi) is 7.98. The normalized spacial score (nSPS) is 20.3. The SMILES string of the molecule is COc1nc(-c2cccc(-c3ccnc(-c4cc5n(c4)NC(CN4CC(C)(O)C4)N(C)C5=O)c3Cl)c2Cl)ccc1CN1CC(C)(O)C1. The summed E-state index contributed by atoms with van der Waals surface area (Å²) in [7, 11) is 3.36. The number of aliphatic hydroxyl groups is 2. The Morgan fingerprint density at radius 3 is 2.36 bits per heavy atom. The highest BCUT2D eigenvalue weighted by Crippen LogP contribution is 2.42. The molecule has 47 heavy (non-hydrogen) atoms. The molecular formula is C34H37Cl2N7O4. The minimum atomic E-state index is -0.689. The Labute approximate surface area is 283 Å². The number of pyridine rings is 2. The van der Waals surface area contributed by atoms with Gasteiger partial charge in [0.2, 0.25) is 5.88 Å². The zero-order chi connectivity index (χ0) is 33.2. The molecule has 1 aromatic carbocycles. The average Bonchev–Trinajstić information content (AvgIpc) is 3.42. The second-order valence-corrected chi connectivity index (χ2v) is 14.2. The Hall–Kier alpha value is -3.71. The number of ether oxygens (including phenoxy) is 1. The van der Waals surface area contributed by atoms with E-state index >= 15 is 0 Å². The molecule has 246 valence electrons. The fourth-order valence-corrected chi connectivity index (χ4v) is 7.51. The van der Waals surface area contributed by atoms with E-state index in [-0.39, 0.29) is 12.1 Å². The van der Waals surface area contributed by atoms with Crippen molar-refractivity contribution in [3.8, 4) is 39.5 Å². The number of carbonyl (C=O) groups is 1. The molecule has 1 atom stereocenters. The predicted octanol–water partition coefficient (Wildman–Crippen LogP) is 4.18. The quantitative estimate of drug-likeness (QED) is 0.252. The second-order valence-electron chi connectivity index (χ2n) is 13.4. The number of fused-ring (bicyclic) bond motifs is 1. The maximum atomic E-state index is 13.3. The first-order valence-corrected chi connectivity index (χ1v) is 16.2. The Morgan fingerprint density at radius 2 is 1.66 bits per heavy atom. The van der Waals surface area contributed by atoms with Gasteiger partial charge in [-0.15, -0.1) is 0 Å². The van der Waals surface area contributed by atoms with Crippen LogP contribution >= 0.6 is 23.2 Å². The van der Waals surface area contributed by atoms with Crippen LogP contribution < -0.4 is 10.2 Å². The van der Waals surface area contributed by atoms with E-state index in [0.29, 0.717) is 89.0 Å². The van der Waals surface area contributed by atoms with Crippen LogP contribution in [0.4, 0.5) is 0 Å². The Morgan fingerprint density at radius 1 is 0.979 bits per heavy atom. The molecule has 0 bridgehead atoms. The van der Waals surface area contributed by atoms with Crippen LogP contribution in [0, 0.1) is 0 Å². The first-order chi connectivity index (χ1) is 22.3. The summed E-state index contributed by atoms with van der Waals surface area (Å²) in [5.41, 5.74) is 7.46. The van der Waals surface area contributed by atoms with Crippen LogP contribution in [-0.2, 0) is 6.54 Å². The van der Waals surface area contributed by atoms with Crippen LogP contribution in [0.25, 0.3) is 33.6 Å². The molecule has 3 aromatic heterocycles. The molecule has 2 fully saturated rings. The minimum absolute atomic E-state index is 0.124. The molecule has 11 nitrogen and oxygen atoms in total. The molecule has 3 aliphatic rings.